The molecule has 1 aromatic carbocycles. The fraction of sp³-hybridized carbons (Fsp3) is 0.556. The molecule has 1 aliphatic carbocycles. The van der Waals surface area contributed by atoms with E-state index in [1.807, 2.05) is 36.0 Å². The Morgan fingerprint density at radius 1 is 1.19 bits per heavy atom. The smallest absolute Gasteiger partial charge is 0.119 e. The molecule has 0 spiro atoms. The molecule has 2 nitrogen and oxygen atoms in total. The molecule has 114 valence electrons. The number of hydrogen-bond donors (Lipinski definition) is 1. The third-order valence-corrected chi connectivity index (χ3v) is 4.81. The minimum Gasteiger partial charge on any atom is -0.493 e. The van der Waals surface area contributed by atoms with Crippen molar-refractivity contribution in [1.82, 2.24) is 0 Å². The molecule has 1 aliphatic rings. The molecular weight excluding hydrogens is 280 g/mol. The highest BCUT2D eigenvalue weighted by Crippen LogP contribution is 2.27. The maximum Gasteiger partial charge on any atom is 0.119 e. The lowest BCUT2D eigenvalue weighted by atomic mass is 10.1. The summed E-state index contributed by atoms with van der Waals surface area (Å²) >= 11 is 2.02. The molecule has 1 saturated carbocycles. The number of benzene rings is 1. The molecule has 0 atom stereocenters. The van der Waals surface area contributed by atoms with Gasteiger partial charge in [0.15, 0.2) is 0 Å². The molecule has 1 aromatic rings. The van der Waals surface area contributed by atoms with Gasteiger partial charge in [-0.05, 0) is 48.8 Å². The molecule has 0 radical (unpaired) electrons. The second kappa shape index (κ2) is 9.76. The zero-order chi connectivity index (χ0) is 14.8. The van der Waals surface area contributed by atoms with Gasteiger partial charge >= 0.3 is 0 Å². The molecule has 0 unspecified atom stereocenters. The van der Waals surface area contributed by atoms with E-state index in [2.05, 4.69) is 11.8 Å². The first-order valence-corrected chi connectivity index (χ1v) is 8.94. The summed E-state index contributed by atoms with van der Waals surface area (Å²) < 4.78 is 5.74. The largest absolute Gasteiger partial charge is 0.493 e. The van der Waals surface area contributed by atoms with Crippen LogP contribution in [0.25, 0.3) is 0 Å². The lowest BCUT2D eigenvalue weighted by Crippen LogP contribution is -2.03. The van der Waals surface area contributed by atoms with Gasteiger partial charge in [0.05, 0.1) is 13.2 Å². The van der Waals surface area contributed by atoms with Gasteiger partial charge in [0.25, 0.3) is 0 Å². The SMILES string of the molecule is OCCC#Cc1ccc(OCCSCC2CCCC2)cc1. The van der Waals surface area contributed by atoms with Crippen LogP contribution < -0.4 is 4.74 Å². The maximum atomic E-state index is 8.67. The molecule has 1 N–H and O–H groups in total. The summed E-state index contributed by atoms with van der Waals surface area (Å²) in [5, 5.41) is 8.67. The standard InChI is InChI=1S/C18H24O2S/c19-12-4-3-5-16-8-10-18(11-9-16)20-13-14-21-15-17-6-1-2-7-17/h8-11,17,19H,1-2,4,6-7,12-15H2. The molecule has 0 aliphatic heterocycles. The summed E-state index contributed by atoms with van der Waals surface area (Å²) in [6, 6.07) is 7.85. The number of thioether (sulfide) groups is 1. The topological polar surface area (TPSA) is 29.5 Å². The summed E-state index contributed by atoms with van der Waals surface area (Å²) in [7, 11) is 0. The highest BCUT2D eigenvalue weighted by Gasteiger charge is 2.14. The minimum atomic E-state index is 0.118. The Morgan fingerprint density at radius 3 is 2.67 bits per heavy atom. The van der Waals surface area contributed by atoms with Crippen molar-refractivity contribution in [2.75, 3.05) is 24.7 Å². The lowest BCUT2D eigenvalue weighted by molar-refractivity contribution is 0.305. The molecule has 0 heterocycles. The third-order valence-electron chi connectivity index (χ3n) is 3.65. The van der Waals surface area contributed by atoms with Crippen LogP contribution in [0, 0.1) is 17.8 Å². The van der Waals surface area contributed by atoms with E-state index in [1.165, 1.54) is 31.4 Å². The van der Waals surface area contributed by atoms with Crippen LogP contribution in [-0.2, 0) is 0 Å². The highest BCUT2D eigenvalue weighted by atomic mass is 32.2. The van der Waals surface area contributed by atoms with Gasteiger partial charge < -0.3 is 9.84 Å². The quantitative estimate of drug-likeness (QED) is 0.615. The number of aliphatic hydroxyl groups is 1. The Kier molecular flexibility index (Phi) is 7.56. The fourth-order valence-corrected chi connectivity index (χ4v) is 3.53. The van der Waals surface area contributed by atoms with Crippen molar-refractivity contribution in [2.24, 2.45) is 5.92 Å². The molecular formula is C18H24O2S. The second-order valence-electron chi connectivity index (χ2n) is 5.37. The van der Waals surface area contributed by atoms with Crippen LogP contribution in [0.15, 0.2) is 24.3 Å². The van der Waals surface area contributed by atoms with Crippen molar-refractivity contribution in [3.63, 3.8) is 0 Å². The molecule has 21 heavy (non-hydrogen) atoms. The van der Waals surface area contributed by atoms with Crippen LogP contribution in [0.2, 0.25) is 0 Å². The molecule has 1 fully saturated rings. The molecule has 0 aromatic heterocycles. The Morgan fingerprint density at radius 2 is 1.95 bits per heavy atom. The molecule has 0 bridgehead atoms. The van der Waals surface area contributed by atoms with Crippen LogP contribution in [0.3, 0.4) is 0 Å². The van der Waals surface area contributed by atoms with E-state index >= 15 is 0 Å². The predicted octanol–water partition coefficient (Wildman–Crippen LogP) is 3.72. The van der Waals surface area contributed by atoms with Crippen LogP contribution in [0.5, 0.6) is 5.75 Å². The van der Waals surface area contributed by atoms with Crippen molar-refractivity contribution in [3.8, 4) is 17.6 Å². The number of aliphatic hydroxyl groups excluding tert-OH is 1. The third kappa shape index (κ3) is 6.46. The number of hydrogen-bond acceptors (Lipinski definition) is 3. The van der Waals surface area contributed by atoms with Crippen LogP contribution in [0.1, 0.15) is 37.7 Å². The minimum absolute atomic E-state index is 0.118. The van der Waals surface area contributed by atoms with E-state index in [1.54, 1.807) is 0 Å². The van der Waals surface area contributed by atoms with Gasteiger partial charge in [0.1, 0.15) is 5.75 Å². The second-order valence-corrected chi connectivity index (χ2v) is 6.52. The van der Waals surface area contributed by atoms with Crippen LogP contribution in [-0.4, -0.2) is 29.8 Å². The van der Waals surface area contributed by atoms with Gasteiger partial charge in [-0.1, -0.05) is 24.7 Å². The van der Waals surface area contributed by atoms with Crippen LogP contribution in [0.4, 0.5) is 0 Å². The van der Waals surface area contributed by atoms with E-state index in [9.17, 15) is 0 Å². The number of ether oxygens (including phenoxy) is 1. The van der Waals surface area contributed by atoms with Gasteiger partial charge in [0.2, 0.25) is 0 Å². The molecule has 0 amide bonds. The molecule has 0 saturated heterocycles. The van der Waals surface area contributed by atoms with Crippen molar-refractivity contribution in [1.29, 1.82) is 0 Å². The summed E-state index contributed by atoms with van der Waals surface area (Å²) in [6.45, 7) is 0.889. The van der Waals surface area contributed by atoms with Crippen LogP contribution >= 0.6 is 11.8 Å². The fourth-order valence-electron chi connectivity index (χ4n) is 2.50. The first-order chi connectivity index (χ1) is 10.4. The average molecular weight is 304 g/mol. The van der Waals surface area contributed by atoms with Crippen molar-refractivity contribution in [2.45, 2.75) is 32.1 Å². The summed E-state index contributed by atoms with van der Waals surface area (Å²) in [5.41, 5.74) is 0.964. The van der Waals surface area contributed by atoms with Gasteiger partial charge in [-0.25, -0.2) is 0 Å². The lowest BCUT2D eigenvalue weighted by Gasteiger charge is -2.09. The van der Waals surface area contributed by atoms with Crippen molar-refractivity contribution < 1.29 is 9.84 Å². The maximum absolute atomic E-state index is 8.67. The predicted molar refractivity (Wildman–Crippen MR) is 89.8 cm³/mol. The molecule has 2 rings (SSSR count). The highest BCUT2D eigenvalue weighted by molar-refractivity contribution is 7.99. The summed E-state index contributed by atoms with van der Waals surface area (Å²) in [4.78, 5) is 0. The number of rotatable bonds is 7. The van der Waals surface area contributed by atoms with E-state index in [-0.39, 0.29) is 6.61 Å². The van der Waals surface area contributed by atoms with Crippen molar-refractivity contribution >= 4 is 11.8 Å². The van der Waals surface area contributed by atoms with Crippen molar-refractivity contribution in [3.05, 3.63) is 29.8 Å². The average Bonchev–Trinajstić information content (AvgIpc) is 3.02. The van der Waals surface area contributed by atoms with E-state index in [4.69, 9.17) is 9.84 Å². The molecule has 3 heteroatoms. The summed E-state index contributed by atoms with van der Waals surface area (Å²) in [5.74, 6) is 10.1. The summed E-state index contributed by atoms with van der Waals surface area (Å²) in [6.07, 6.45) is 6.22. The Labute approximate surface area is 132 Å². The van der Waals surface area contributed by atoms with Gasteiger partial charge in [0, 0.05) is 17.7 Å². The Hall–Kier alpha value is -1.11. The Bertz CT molecular complexity index is 452. The first-order valence-electron chi connectivity index (χ1n) is 7.79. The van der Waals surface area contributed by atoms with E-state index in [0.717, 1.165) is 29.6 Å². The zero-order valence-corrected chi connectivity index (χ0v) is 13.3. The van der Waals surface area contributed by atoms with Gasteiger partial charge in [-0.2, -0.15) is 11.8 Å². The first kappa shape index (κ1) is 16.3. The zero-order valence-electron chi connectivity index (χ0n) is 12.5. The van der Waals surface area contributed by atoms with Gasteiger partial charge in [-0.15, -0.1) is 0 Å². The monoisotopic (exact) mass is 304 g/mol. The van der Waals surface area contributed by atoms with E-state index < -0.39 is 0 Å². The Balaban J connectivity index is 1.61. The van der Waals surface area contributed by atoms with E-state index in [0.29, 0.717) is 6.42 Å². The normalized spacial score (nSPS) is 14.7. The van der Waals surface area contributed by atoms with Gasteiger partial charge in [-0.3, -0.25) is 0 Å².